The molecule has 3 aliphatic heterocycles. The summed E-state index contributed by atoms with van der Waals surface area (Å²) in [5.41, 5.74) is 7.87. The van der Waals surface area contributed by atoms with Crippen molar-refractivity contribution in [2.75, 3.05) is 36.5 Å². The molecule has 3 N–H and O–H groups in total. The fourth-order valence-electron chi connectivity index (χ4n) is 4.59. The predicted molar refractivity (Wildman–Crippen MR) is 108 cm³/mol. The fraction of sp³-hybridized carbons (Fsp3) is 0.619. The van der Waals surface area contributed by atoms with Gasteiger partial charge in [0.1, 0.15) is 0 Å². The molecule has 3 fully saturated rings. The molecule has 152 valence electrons. The Morgan fingerprint density at radius 3 is 2.46 bits per heavy atom. The second kappa shape index (κ2) is 8.49. The number of carbonyl (C=O) groups is 2. The van der Waals surface area contributed by atoms with Crippen LogP contribution in [0.5, 0.6) is 0 Å². The van der Waals surface area contributed by atoms with Crippen molar-refractivity contribution in [2.45, 2.75) is 50.7 Å². The summed E-state index contributed by atoms with van der Waals surface area (Å²) >= 11 is 0. The molecule has 3 aliphatic rings. The topological polar surface area (TPSA) is 87.9 Å². The molecule has 4 rings (SSSR count). The number of rotatable bonds is 3. The van der Waals surface area contributed by atoms with E-state index in [1.807, 2.05) is 29.2 Å². The molecule has 2 unspecified atom stereocenters. The van der Waals surface area contributed by atoms with Crippen molar-refractivity contribution in [2.24, 2.45) is 11.7 Å². The van der Waals surface area contributed by atoms with Crippen molar-refractivity contribution >= 4 is 23.3 Å². The van der Waals surface area contributed by atoms with Gasteiger partial charge in [-0.15, -0.1) is 0 Å². The Morgan fingerprint density at radius 2 is 1.82 bits per heavy atom. The van der Waals surface area contributed by atoms with Crippen LogP contribution in [0.2, 0.25) is 0 Å². The number of benzene rings is 1. The molecule has 0 aromatic heterocycles. The average Bonchev–Trinajstić information content (AvgIpc) is 3.15. The van der Waals surface area contributed by atoms with Crippen LogP contribution in [0.25, 0.3) is 0 Å². The van der Waals surface area contributed by atoms with E-state index in [-0.39, 0.29) is 24.1 Å². The zero-order chi connectivity index (χ0) is 19.5. The van der Waals surface area contributed by atoms with Gasteiger partial charge in [-0.05, 0) is 62.3 Å². The predicted octanol–water partition coefficient (Wildman–Crippen LogP) is 2.56. The highest BCUT2D eigenvalue weighted by molar-refractivity contribution is 5.96. The van der Waals surface area contributed by atoms with Gasteiger partial charge in [0.2, 0.25) is 5.91 Å². The molecule has 3 saturated heterocycles. The van der Waals surface area contributed by atoms with Crippen molar-refractivity contribution in [3.05, 3.63) is 24.3 Å². The minimum atomic E-state index is -0.0719. The quantitative estimate of drug-likeness (QED) is 0.836. The Kier molecular flexibility index (Phi) is 5.82. The van der Waals surface area contributed by atoms with E-state index in [2.05, 4.69) is 5.32 Å². The Balaban J connectivity index is 1.28. The molecule has 0 saturated carbocycles. The van der Waals surface area contributed by atoms with E-state index >= 15 is 0 Å². The van der Waals surface area contributed by atoms with E-state index in [4.69, 9.17) is 10.5 Å². The minimum Gasteiger partial charge on any atom is -0.376 e. The summed E-state index contributed by atoms with van der Waals surface area (Å²) in [7, 11) is 0. The van der Waals surface area contributed by atoms with Crippen LogP contribution in [0.15, 0.2) is 24.3 Å². The number of hydrogen-bond acceptors (Lipinski definition) is 4. The van der Waals surface area contributed by atoms with Crippen LogP contribution < -0.4 is 16.0 Å². The van der Waals surface area contributed by atoms with Crippen LogP contribution in [0.4, 0.5) is 16.2 Å². The normalized spacial score (nSPS) is 26.5. The number of nitrogens with one attached hydrogen (secondary N) is 1. The summed E-state index contributed by atoms with van der Waals surface area (Å²) < 4.78 is 5.91. The SMILES string of the molecule is NC1CCCOC1C1CCN(C(=O)Nc2ccc(N3CCCC3=O)cc2)CC1. The van der Waals surface area contributed by atoms with Crippen molar-refractivity contribution in [1.29, 1.82) is 0 Å². The van der Waals surface area contributed by atoms with Crippen molar-refractivity contribution in [3.8, 4) is 0 Å². The lowest BCUT2D eigenvalue weighted by Gasteiger charge is -2.40. The summed E-state index contributed by atoms with van der Waals surface area (Å²) in [4.78, 5) is 28.1. The van der Waals surface area contributed by atoms with Crippen molar-refractivity contribution < 1.29 is 14.3 Å². The first-order chi connectivity index (χ1) is 13.6. The van der Waals surface area contributed by atoms with E-state index in [0.717, 1.165) is 69.7 Å². The first kappa shape index (κ1) is 19.2. The van der Waals surface area contributed by atoms with E-state index < -0.39 is 0 Å². The number of amides is 3. The number of hydrogen-bond donors (Lipinski definition) is 2. The molecule has 0 spiro atoms. The summed E-state index contributed by atoms with van der Waals surface area (Å²) in [5.74, 6) is 0.609. The number of ether oxygens (including phenoxy) is 1. The summed E-state index contributed by atoms with van der Waals surface area (Å²) in [6.45, 7) is 3.03. The lowest BCUT2D eigenvalue weighted by molar-refractivity contribution is -0.117. The lowest BCUT2D eigenvalue weighted by Crippen LogP contribution is -2.50. The maximum Gasteiger partial charge on any atom is 0.321 e. The zero-order valence-electron chi connectivity index (χ0n) is 16.3. The van der Waals surface area contributed by atoms with Gasteiger partial charge in [-0.3, -0.25) is 4.79 Å². The van der Waals surface area contributed by atoms with Gasteiger partial charge >= 0.3 is 6.03 Å². The molecule has 3 amide bonds. The number of anilines is 2. The van der Waals surface area contributed by atoms with Crippen LogP contribution in [0.3, 0.4) is 0 Å². The molecule has 0 bridgehead atoms. The highest BCUT2D eigenvalue weighted by Crippen LogP contribution is 2.28. The Hall–Kier alpha value is -2.12. The minimum absolute atomic E-state index is 0.0719. The highest BCUT2D eigenvalue weighted by Gasteiger charge is 2.34. The highest BCUT2D eigenvalue weighted by atomic mass is 16.5. The third kappa shape index (κ3) is 4.15. The van der Waals surface area contributed by atoms with E-state index in [1.54, 1.807) is 4.90 Å². The molecular formula is C21H30N4O3. The third-order valence-corrected chi connectivity index (χ3v) is 6.21. The maximum atomic E-state index is 12.6. The number of likely N-dealkylation sites (tertiary alicyclic amines) is 1. The third-order valence-electron chi connectivity index (χ3n) is 6.21. The molecule has 28 heavy (non-hydrogen) atoms. The van der Waals surface area contributed by atoms with Gasteiger partial charge in [-0.2, -0.15) is 0 Å². The molecule has 1 aromatic rings. The van der Waals surface area contributed by atoms with Crippen LogP contribution >= 0.6 is 0 Å². The average molecular weight is 386 g/mol. The van der Waals surface area contributed by atoms with Crippen LogP contribution in [0.1, 0.15) is 38.5 Å². The van der Waals surface area contributed by atoms with Gasteiger partial charge in [-0.25, -0.2) is 4.79 Å². The van der Waals surface area contributed by atoms with Crippen molar-refractivity contribution in [1.82, 2.24) is 4.90 Å². The van der Waals surface area contributed by atoms with Gasteiger partial charge < -0.3 is 25.6 Å². The van der Waals surface area contributed by atoms with E-state index in [0.29, 0.717) is 12.3 Å². The summed E-state index contributed by atoms with van der Waals surface area (Å²) in [6.07, 6.45) is 5.60. The lowest BCUT2D eigenvalue weighted by atomic mass is 9.85. The first-order valence-corrected chi connectivity index (χ1v) is 10.5. The van der Waals surface area contributed by atoms with Gasteiger partial charge in [-0.1, -0.05) is 0 Å². The largest absolute Gasteiger partial charge is 0.376 e. The van der Waals surface area contributed by atoms with Crippen LogP contribution in [-0.4, -0.2) is 55.2 Å². The van der Waals surface area contributed by atoms with Gasteiger partial charge in [0.25, 0.3) is 0 Å². The molecule has 3 heterocycles. The summed E-state index contributed by atoms with van der Waals surface area (Å²) in [6, 6.07) is 7.57. The molecule has 0 radical (unpaired) electrons. The van der Waals surface area contributed by atoms with E-state index in [9.17, 15) is 9.59 Å². The van der Waals surface area contributed by atoms with Crippen molar-refractivity contribution in [3.63, 3.8) is 0 Å². The second-order valence-corrected chi connectivity index (χ2v) is 8.09. The Bertz CT molecular complexity index is 700. The smallest absolute Gasteiger partial charge is 0.321 e. The zero-order valence-corrected chi connectivity index (χ0v) is 16.3. The Labute approximate surface area is 166 Å². The standard InChI is InChI=1S/C21H30N4O3/c22-18-3-2-14-28-20(18)15-9-12-24(13-10-15)21(27)23-16-5-7-17(8-6-16)25-11-1-4-19(25)26/h5-8,15,18,20H,1-4,9-14,22H2,(H,23,27). The molecular weight excluding hydrogens is 356 g/mol. The Morgan fingerprint density at radius 1 is 1.07 bits per heavy atom. The second-order valence-electron chi connectivity index (χ2n) is 8.09. The number of carbonyl (C=O) groups excluding carboxylic acids is 2. The van der Waals surface area contributed by atoms with Gasteiger partial charge in [0.05, 0.1) is 6.10 Å². The number of nitrogens with zero attached hydrogens (tertiary/aromatic N) is 2. The van der Waals surface area contributed by atoms with E-state index in [1.165, 1.54) is 0 Å². The number of nitrogens with two attached hydrogens (primary N) is 1. The fourth-order valence-corrected chi connectivity index (χ4v) is 4.59. The monoisotopic (exact) mass is 386 g/mol. The maximum absolute atomic E-state index is 12.6. The molecule has 7 heteroatoms. The van der Waals surface area contributed by atoms with Gasteiger partial charge in [0.15, 0.2) is 0 Å². The van der Waals surface area contributed by atoms with Crippen LogP contribution in [0, 0.1) is 5.92 Å². The molecule has 1 aromatic carbocycles. The molecule has 0 aliphatic carbocycles. The summed E-state index contributed by atoms with van der Waals surface area (Å²) in [5, 5.41) is 2.97. The number of urea groups is 1. The first-order valence-electron chi connectivity index (χ1n) is 10.5. The van der Waals surface area contributed by atoms with Crippen LogP contribution in [-0.2, 0) is 9.53 Å². The number of piperidine rings is 1. The molecule has 2 atom stereocenters. The molecule has 7 nitrogen and oxygen atoms in total. The van der Waals surface area contributed by atoms with Gasteiger partial charge in [0, 0.05) is 50.1 Å².